The molecular formula is C20H19F3N4O2S. The van der Waals surface area contributed by atoms with E-state index < -0.39 is 18.0 Å². The molecule has 30 heavy (non-hydrogen) atoms. The third kappa shape index (κ3) is 4.61. The molecule has 3 aromatic rings. The summed E-state index contributed by atoms with van der Waals surface area (Å²) in [6.07, 6.45) is -3.57. The first-order valence-electron chi connectivity index (χ1n) is 9.35. The Bertz CT molecular complexity index is 970. The Hall–Kier alpha value is -2.56. The first-order chi connectivity index (χ1) is 14.4. The average Bonchev–Trinajstić information content (AvgIpc) is 3.29. The van der Waals surface area contributed by atoms with E-state index >= 15 is 0 Å². The van der Waals surface area contributed by atoms with Crippen LogP contribution in [0.3, 0.4) is 0 Å². The van der Waals surface area contributed by atoms with Crippen molar-refractivity contribution in [1.29, 1.82) is 0 Å². The smallest absolute Gasteiger partial charge is 0.387 e. The van der Waals surface area contributed by atoms with E-state index in [0.717, 1.165) is 10.9 Å². The predicted octanol–water partition coefficient (Wildman–Crippen LogP) is 3.95. The number of morpholine rings is 1. The van der Waals surface area contributed by atoms with Crippen molar-refractivity contribution in [2.75, 3.05) is 24.7 Å². The SMILES string of the molecule is OC(CC1COCCN1c1cc(C(F)(F)F)nc(-c2ccccn2)n1)c1cccs1. The molecule has 2 unspecified atom stereocenters. The van der Waals surface area contributed by atoms with E-state index in [2.05, 4.69) is 15.0 Å². The van der Waals surface area contributed by atoms with Gasteiger partial charge in [0, 0.05) is 30.1 Å². The van der Waals surface area contributed by atoms with Gasteiger partial charge >= 0.3 is 6.18 Å². The number of alkyl halides is 3. The number of pyridine rings is 1. The molecule has 0 aromatic carbocycles. The molecular weight excluding hydrogens is 417 g/mol. The molecule has 2 atom stereocenters. The second-order valence-corrected chi connectivity index (χ2v) is 7.82. The van der Waals surface area contributed by atoms with Crippen molar-refractivity contribution in [2.45, 2.75) is 24.7 Å². The van der Waals surface area contributed by atoms with Gasteiger partial charge in [-0.3, -0.25) is 4.98 Å². The molecule has 1 saturated heterocycles. The van der Waals surface area contributed by atoms with Crippen LogP contribution >= 0.6 is 11.3 Å². The van der Waals surface area contributed by atoms with Gasteiger partial charge in [0.2, 0.25) is 0 Å². The van der Waals surface area contributed by atoms with E-state index in [-0.39, 0.29) is 30.0 Å². The lowest BCUT2D eigenvalue weighted by Crippen LogP contribution is -2.47. The van der Waals surface area contributed by atoms with Crippen LogP contribution in [0.1, 0.15) is 23.1 Å². The summed E-state index contributed by atoms with van der Waals surface area (Å²) in [4.78, 5) is 14.7. The van der Waals surface area contributed by atoms with Crippen molar-refractivity contribution < 1.29 is 23.0 Å². The van der Waals surface area contributed by atoms with Crippen molar-refractivity contribution in [2.24, 2.45) is 0 Å². The van der Waals surface area contributed by atoms with Gasteiger partial charge in [0.15, 0.2) is 11.5 Å². The summed E-state index contributed by atoms with van der Waals surface area (Å²) in [6.45, 7) is 1.00. The van der Waals surface area contributed by atoms with E-state index in [1.165, 1.54) is 17.5 Å². The molecule has 1 fully saturated rings. The van der Waals surface area contributed by atoms with Crippen molar-refractivity contribution >= 4 is 17.2 Å². The zero-order valence-electron chi connectivity index (χ0n) is 15.8. The van der Waals surface area contributed by atoms with Gasteiger partial charge in [0.1, 0.15) is 11.5 Å². The Morgan fingerprint density at radius 1 is 1.23 bits per heavy atom. The number of hydrogen-bond acceptors (Lipinski definition) is 7. The van der Waals surface area contributed by atoms with Gasteiger partial charge < -0.3 is 14.7 Å². The molecule has 0 bridgehead atoms. The fourth-order valence-corrected chi connectivity index (χ4v) is 4.07. The van der Waals surface area contributed by atoms with Crippen LogP contribution in [0.25, 0.3) is 11.5 Å². The number of aliphatic hydroxyl groups excluding tert-OH is 1. The molecule has 0 radical (unpaired) electrons. The largest absolute Gasteiger partial charge is 0.433 e. The Kier molecular flexibility index (Phi) is 5.98. The van der Waals surface area contributed by atoms with Gasteiger partial charge in [0.25, 0.3) is 0 Å². The van der Waals surface area contributed by atoms with Crippen LogP contribution in [0.5, 0.6) is 0 Å². The van der Waals surface area contributed by atoms with Crippen molar-refractivity contribution in [3.8, 4) is 11.5 Å². The Labute approximate surface area is 175 Å². The highest BCUT2D eigenvalue weighted by molar-refractivity contribution is 7.10. The minimum absolute atomic E-state index is 0.0931. The summed E-state index contributed by atoms with van der Waals surface area (Å²) in [6, 6.07) is 9.19. The molecule has 0 amide bonds. The van der Waals surface area contributed by atoms with Crippen molar-refractivity contribution in [3.05, 3.63) is 58.5 Å². The van der Waals surface area contributed by atoms with Crippen LogP contribution in [0.15, 0.2) is 48.0 Å². The zero-order valence-corrected chi connectivity index (χ0v) is 16.6. The summed E-state index contributed by atoms with van der Waals surface area (Å²) in [7, 11) is 0. The molecule has 0 spiro atoms. The first kappa shape index (κ1) is 20.7. The van der Waals surface area contributed by atoms with Crippen LogP contribution in [-0.2, 0) is 10.9 Å². The lowest BCUT2D eigenvalue weighted by Gasteiger charge is -2.37. The van der Waals surface area contributed by atoms with Crippen LogP contribution in [0.2, 0.25) is 0 Å². The maximum absolute atomic E-state index is 13.5. The number of aromatic nitrogens is 3. The number of rotatable bonds is 5. The summed E-state index contributed by atoms with van der Waals surface area (Å²) in [5.41, 5.74) is -0.773. The summed E-state index contributed by atoms with van der Waals surface area (Å²) >= 11 is 1.43. The van der Waals surface area contributed by atoms with Gasteiger partial charge in [-0.25, -0.2) is 9.97 Å². The summed E-state index contributed by atoms with van der Waals surface area (Å²) in [5.74, 6) is 0.0501. The molecule has 0 aliphatic carbocycles. The Morgan fingerprint density at radius 3 is 2.80 bits per heavy atom. The number of anilines is 1. The second kappa shape index (κ2) is 8.66. The first-order valence-corrected chi connectivity index (χ1v) is 10.2. The number of thiophene rings is 1. The monoisotopic (exact) mass is 436 g/mol. The highest BCUT2D eigenvalue weighted by atomic mass is 32.1. The van der Waals surface area contributed by atoms with E-state index in [9.17, 15) is 18.3 Å². The van der Waals surface area contributed by atoms with Gasteiger partial charge in [-0.2, -0.15) is 13.2 Å². The standard InChI is InChI=1S/C20H19F3N4O2S/c21-20(22,23)17-11-18(26-19(25-17)14-4-1-2-6-24-14)27-7-8-29-12-13(27)10-15(28)16-5-3-9-30-16/h1-6,9,11,13,15,28H,7-8,10,12H2. The molecule has 6 nitrogen and oxygen atoms in total. The average molecular weight is 436 g/mol. The van der Waals surface area contributed by atoms with E-state index in [0.29, 0.717) is 19.6 Å². The van der Waals surface area contributed by atoms with Crippen LogP contribution in [0, 0.1) is 0 Å². The van der Waals surface area contributed by atoms with Crippen LogP contribution in [0.4, 0.5) is 19.0 Å². The fourth-order valence-electron chi connectivity index (χ4n) is 3.34. The number of aliphatic hydroxyl groups is 1. The summed E-state index contributed by atoms with van der Waals surface area (Å²) < 4.78 is 46.1. The molecule has 158 valence electrons. The zero-order chi connectivity index (χ0) is 21.1. The second-order valence-electron chi connectivity index (χ2n) is 6.84. The maximum Gasteiger partial charge on any atom is 0.433 e. The highest BCUT2D eigenvalue weighted by Crippen LogP contribution is 2.33. The number of halogens is 3. The Morgan fingerprint density at radius 2 is 2.10 bits per heavy atom. The molecule has 3 aromatic heterocycles. The van der Waals surface area contributed by atoms with Crippen LogP contribution in [-0.4, -0.2) is 45.9 Å². The number of ether oxygens (including phenoxy) is 1. The highest BCUT2D eigenvalue weighted by Gasteiger charge is 2.36. The van der Waals surface area contributed by atoms with Gasteiger partial charge in [0.05, 0.1) is 25.4 Å². The van der Waals surface area contributed by atoms with Gasteiger partial charge in [-0.1, -0.05) is 12.1 Å². The minimum Gasteiger partial charge on any atom is -0.387 e. The minimum atomic E-state index is -4.63. The normalized spacial score (nSPS) is 18.4. The van der Waals surface area contributed by atoms with Gasteiger partial charge in [-0.05, 0) is 23.6 Å². The maximum atomic E-state index is 13.5. The quantitative estimate of drug-likeness (QED) is 0.653. The van der Waals surface area contributed by atoms with E-state index in [1.807, 2.05) is 17.5 Å². The molecule has 1 aliphatic rings. The van der Waals surface area contributed by atoms with Crippen molar-refractivity contribution in [3.63, 3.8) is 0 Å². The molecule has 0 saturated carbocycles. The molecule has 1 N–H and O–H groups in total. The topological polar surface area (TPSA) is 71.4 Å². The van der Waals surface area contributed by atoms with Gasteiger partial charge in [-0.15, -0.1) is 11.3 Å². The van der Waals surface area contributed by atoms with Crippen molar-refractivity contribution in [1.82, 2.24) is 15.0 Å². The van der Waals surface area contributed by atoms with Crippen LogP contribution < -0.4 is 4.90 Å². The molecule has 4 rings (SSSR count). The summed E-state index contributed by atoms with van der Waals surface area (Å²) in [5, 5.41) is 12.4. The Balaban J connectivity index is 1.69. The third-order valence-corrected chi connectivity index (χ3v) is 5.76. The number of hydrogen-bond donors (Lipinski definition) is 1. The van der Waals surface area contributed by atoms with E-state index in [1.54, 1.807) is 23.1 Å². The molecule has 4 heterocycles. The predicted molar refractivity (Wildman–Crippen MR) is 106 cm³/mol. The third-order valence-electron chi connectivity index (χ3n) is 4.79. The molecule has 10 heteroatoms. The fraction of sp³-hybridized carbons (Fsp3) is 0.350. The number of nitrogens with zero attached hydrogens (tertiary/aromatic N) is 4. The van der Waals surface area contributed by atoms with E-state index in [4.69, 9.17) is 4.74 Å². The molecule has 1 aliphatic heterocycles. The lowest BCUT2D eigenvalue weighted by atomic mass is 10.1. The lowest BCUT2D eigenvalue weighted by molar-refractivity contribution is -0.141.